The number of aryl methyl sites for hydroxylation is 1. The van der Waals surface area contributed by atoms with Gasteiger partial charge in [0.2, 0.25) is 11.1 Å². The van der Waals surface area contributed by atoms with Crippen molar-refractivity contribution in [1.82, 2.24) is 14.9 Å². The molecule has 8 nitrogen and oxygen atoms in total. The van der Waals surface area contributed by atoms with Gasteiger partial charge < -0.3 is 20.2 Å². The molecule has 10 heteroatoms. The molecule has 0 radical (unpaired) electrons. The Labute approximate surface area is 202 Å². The van der Waals surface area contributed by atoms with Gasteiger partial charge >= 0.3 is 0 Å². The predicted octanol–water partition coefficient (Wildman–Crippen LogP) is 4.69. The number of nitrogens with one attached hydrogen (secondary N) is 2. The monoisotopic (exact) mass is 487 g/mol. The molecule has 1 aromatic heterocycles. The van der Waals surface area contributed by atoms with Gasteiger partial charge in [0.25, 0.3) is 0 Å². The van der Waals surface area contributed by atoms with Crippen molar-refractivity contribution in [3.63, 3.8) is 0 Å². The van der Waals surface area contributed by atoms with Crippen molar-refractivity contribution in [2.45, 2.75) is 43.1 Å². The van der Waals surface area contributed by atoms with Crippen LogP contribution in [0, 0.1) is 0 Å². The number of aromatic nitrogens is 3. The first-order chi connectivity index (χ1) is 16.0. The van der Waals surface area contributed by atoms with Gasteiger partial charge in [0.1, 0.15) is 16.7 Å². The average molecular weight is 488 g/mol. The number of carbonyl (C=O) groups is 1. The van der Waals surface area contributed by atoms with E-state index in [1.165, 1.54) is 11.8 Å². The van der Waals surface area contributed by atoms with E-state index in [0.717, 1.165) is 30.0 Å². The lowest BCUT2D eigenvalue weighted by molar-refractivity contribution is -0.116. The molecule has 0 spiro atoms. The number of nitrogens with zero attached hydrogens (tertiary/aromatic N) is 3. The minimum absolute atomic E-state index is 0.153. The molecule has 0 aliphatic carbocycles. The second-order valence-corrected chi connectivity index (χ2v) is 8.99. The maximum absolute atomic E-state index is 13.4. The maximum Gasteiger partial charge on any atom is 0.240 e. The van der Waals surface area contributed by atoms with Gasteiger partial charge in [-0.1, -0.05) is 36.4 Å². The van der Waals surface area contributed by atoms with E-state index < -0.39 is 5.25 Å². The first-order valence-electron chi connectivity index (χ1n) is 10.8. The van der Waals surface area contributed by atoms with Crippen molar-refractivity contribution in [2.24, 2.45) is 0 Å². The summed E-state index contributed by atoms with van der Waals surface area (Å²) in [6.45, 7) is 4.60. The van der Waals surface area contributed by atoms with E-state index in [2.05, 4.69) is 27.9 Å². The highest BCUT2D eigenvalue weighted by atomic mass is 35.5. The number of anilines is 1. The van der Waals surface area contributed by atoms with E-state index in [9.17, 15) is 4.79 Å². The van der Waals surface area contributed by atoms with E-state index in [4.69, 9.17) is 21.1 Å². The molecule has 2 N–H and O–H groups in total. The molecule has 1 aliphatic rings. The zero-order valence-corrected chi connectivity index (χ0v) is 20.2. The van der Waals surface area contributed by atoms with Crippen molar-refractivity contribution < 1.29 is 14.3 Å². The minimum Gasteiger partial charge on any atom is -0.495 e. The van der Waals surface area contributed by atoms with Crippen LogP contribution in [0.15, 0.2) is 47.6 Å². The third-order valence-electron chi connectivity index (χ3n) is 5.20. The van der Waals surface area contributed by atoms with Crippen molar-refractivity contribution in [3.8, 4) is 11.5 Å². The SMILES string of the molecule is CCCc1nnc2n1N[C@H](c1ccc(OC)c(Cl)c1)[C@@H](C(=O)Nc1ccc(OCC)cc1)S2. The molecule has 174 valence electrons. The Morgan fingerprint density at radius 2 is 2.00 bits per heavy atom. The zero-order chi connectivity index (χ0) is 23.4. The quantitative estimate of drug-likeness (QED) is 0.476. The van der Waals surface area contributed by atoms with Crippen LogP contribution in [0.5, 0.6) is 11.5 Å². The van der Waals surface area contributed by atoms with Crippen molar-refractivity contribution >= 4 is 35.0 Å². The number of methoxy groups -OCH3 is 1. The maximum atomic E-state index is 13.4. The Kier molecular flexibility index (Phi) is 7.29. The van der Waals surface area contributed by atoms with Crippen LogP contribution in [0.4, 0.5) is 5.69 Å². The highest BCUT2D eigenvalue weighted by molar-refractivity contribution is 8.00. The number of halogens is 1. The molecule has 0 fully saturated rings. The summed E-state index contributed by atoms with van der Waals surface area (Å²) in [7, 11) is 1.57. The summed E-state index contributed by atoms with van der Waals surface area (Å²) >= 11 is 7.78. The molecule has 0 unspecified atom stereocenters. The third-order valence-corrected chi connectivity index (χ3v) is 6.71. The summed E-state index contributed by atoms with van der Waals surface area (Å²) in [5, 5.41) is 12.2. The van der Waals surface area contributed by atoms with Gasteiger partial charge in [-0.25, -0.2) is 4.68 Å². The fourth-order valence-electron chi connectivity index (χ4n) is 3.62. The van der Waals surface area contributed by atoms with Crippen LogP contribution >= 0.6 is 23.4 Å². The number of benzene rings is 2. The van der Waals surface area contributed by atoms with Gasteiger partial charge in [-0.05, 0) is 55.3 Å². The number of ether oxygens (including phenoxy) is 2. The largest absolute Gasteiger partial charge is 0.495 e. The van der Waals surface area contributed by atoms with Crippen molar-refractivity contribution in [2.75, 3.05) is 24.5 Å². The van der Waals surface area contributed by atoms with E-state index in [1.807, 2.05) is 48.0 Å². The van der Waals surface area contributed by atoms with Gasteiger partial charge in [-0.15, -0.1) is 10.2 Å². The van der Waals surface area contributed by atoms with E-state index in [0.29, 0.717) is 28.2 Å². The number of amides is 1. The average Bonchev–Trinajstić information content (AvgIpc) is 3.21. The van der Waals surface area contributed by atoms with E-state index >= 15 is 0 Å². The minimum atomic E-state index is -0.507. The van der Waals surface area contributed by atoms with Crippen LogP contribution in [-0.4, -0.2) is 39.7 Å². The van der Waals surface area contributed by atoms with E-state index in [1.54, 1.807) is 13.2 Å². The lowest BCUT2D eigenvalue weighted by atomic mass is 10.0. The summed E-state index contributed by atoms with van der Waals surface area (Å²) in [6.07, 6.45) is 1.71. The summed E-state index contributed by atoms with van der Waals surface area (Å²) in [5.41, 5.74) is 5.00. The fraction of sp³-hybridized carbons (Fsp3) is 0.348. The molecule has 0 bridgehead atoms. The molecule has 1 amide bonds. The first kappa shape index (κ1) is 23.3. The molecule has 2 heterocycles. The first-order valence-corrected chi connectivity index (χ1v) is 12.0. The van der Waals surface area contributed by atoms with Crippen LogP contribution in [-0.2, 0) is 11.2 Å². The number of fused-ring (bicyclic) bond motifs is 1. The van der Waals surface area contributed by atoms with Gasteiger partial charge in [-0.3, -0.25) is 4.79 Å². The Morgan fingerprint density at radius 3 is 2.67 bits per heavy atom. The lowest BCUT2D eigenvalue weighted by Crippen LogP contribution is -2.41. The van der Waals surface area contributed by atoms with Crippen molar-refractivity contribution in [1.29, 1.82) is 0 Å². The number of rotatable bonds is 8. The normalized spacial score (nSPS) is 17.1. The van der Waals surface area contributed by atoms with Gasteiger partial charge in [-0.2, -0.15) is 0 Å². The van der Waals surface area contributed by atoms with Gasteiger partial charge in [0, 0.05) is 12.1 Å². The van der Waals surface area contributed by atoms with E-state index in [-0.39, 0.29) is 11.9 Å². The molecule has 33 heavy (non-hydrogen) atoms. The molecular weight excluding hydrogens is 462 g/mol. The summed E-state index contributed by atoms with van der Waals surface area (Å²) in [5.74, 6) is 2.01. The summed E-state index contributed by atoms with van der Waals surface area (Å²) in [6, 6.07) is 12.5. The van der Waals surface area contributed by atoms with Gasteiger partial charge in [0.15, 0.2) is 5.82 Å². The Bertz CT molecular complexity index is 1120. The lowest BCUT2D eigenvalue weighted by Gasteiger charge is -2.33. The highest BCUT2D eigenvalue weighted by Gasteiger charge is 2.38. The Morgan fingerprint density at radius 1 is 1.21 bits per heavy atom. The molecule has 2 atom stereocenters. The molecule has 1 aliphatic heterocycles. The van der Waals surface area contributed by atoms with Crippen LogP contribution in [0.25, 0.3) is 0 Å². The van der Waals surface area contributed by atoms with Crippen LogP contribution in [0.2, 0.25) is 5.02 Å². The molecule has 4 rings (SSSR count). The summed E-state index contributed by atoms with van der Waals surface area (Å²) in [4.78, 5) is 13.4. The molecule has 0 saturated carbocycles. The molecule has 2 aromatic carbocycles. The number of hydrogen-bond donors (Lipinski definition) is 2. The third kappa shape index (κ3) is 5.04. The Balaban J connectivity index is 1.63. The molecular formula is C23H26ClN5O3S. The molecule has 0 saturated heterocycles. The van der Waals surface area contributed by atoms with Crippen molar-refractivity contribution in [3.05, 3.63) is 58.9 Å². The highest BCUT2D eigenvalue weighted by Crippen LogP contribution is 2.39. The van der Waals surface area contributed by atoms with Crippen LogP contribution < -0.4 is 20.2 Å². The van der Waals surface area contributed by atoms with Crippen LogP contribution in [0.1, 0.15) is 37.7 Å². The summed E-state index contributed by atoms with van der Waals surface area (Å²) < 4.78 is 12.6. The second-order valence-electron chi connectivity index (χ2n) is 7.47. The Hall–Kier alpha value is -2.91. The number of thioether (sulfide) groups is 1. The predicted molar refractivity (Wildman–Crippen MR) is 130 cm³/mol. The smallest absolute Gasteiger partial charge is 0.240 e. The molecule has 3 aromatic rings. The topological polar surface area (TPSA) is 90.3 Å². The fourth-order valence-corrected chi connectivity index (χ4v) is 4.99. The number of carbonyl (C=O) groups excluding carboxylic acids is 1. The van der Waals surface area contributed by atoms with Crippen LogP contribution in [0.3, 0.4) is 0 Å². The standard InChI is InChI=1S/C23H26ClN5O3S/c1-4-6-19-26-27-23-29(19)28-20(14-7-12-18(31-3)17(24)13-14)21(33-23)22(30)25-15-8-10-16(11-9-15)32-5-2/h7-13,20-21,28H,4-6H2,1-3H3,(H,25,30)/t20-,21+/m1/s1. The van der Waals surface area contributed by atoms with Gasteiger partial charge in [0.05, 0.1) is 24.8 Å². The zero-order valence-electron chi connectivity index (χ0n) is 18.7. The second kappa shape index (κ2) is 10.4. The number of hydrogen-bond acceptors (Lipinski definition) is 7.